The highest BCUT2D eigenvalue weighted by atomic mass is 16.2. The average molecular weight is 379 g/mol. The number of anilines is 1. The summed E-state index contributed by atoms with van der Waals surface area (Å²) in [5.41, 5.74) is 9.76. The summed E-state index contributed by atoms with van der Waals surface area (Å²) in [6.45, 7) is 2.14. The number of fused-ring (bicyclic) bond motifs is 3. The minimum atomic E-state index is -0.156. The predicted molar refractivity (Wildman–Crippen MR) is 106 cm³/mol. The lowest BCUT2D eigenvalue weighted by molar-refractivity contribution is -0.135. The molecule has 7 nitrogen and oxygen atoms in total. The number of H-pyrrole nitrogens is 1. The van der Waals surface area contributed by atoms with E-state index >= 15 is 0 Å². The van der Waals surface area contributed by atoms with Crippen LogP contribution in [0.4, 0.5) is 5.95 Å². The molecule has 3 heterocycles. The third-order valence-electron chi connectivity index (χ3n) is 6.80. The van der Waals surface area contributed by atoms with Crippen molar-refractivity contribution in [3.05, 3.63) is 57.0 Å². The molecule has 1 aromatic carbocycles. The molecule has 1 aromatic heterocycles. The van der Waals surface area contributed by atoms with E-state index in [9.17, 15) is 9.59 Å². The number of nitrogens with zero attached hydrogens (tertiary/aromatic N) is 2. The van der Waals surface area contributed by atoms with E-state index in [4.69, 9.17) is 5.73 Å². The van der Waals surface area contributed by atoms with E-state index in [2.05, 4.69) is 27.4 Å². The van der Waals surface area contributed by atoms with E-state index in [1.54, 1.807) is 0 Å². The van der Waals surface area contributed by atoms with Crippen LogP contribution in [0.15, 0.2) is 29.1 Å². The lowest BCUT2D eigenvalue weighted by Crippen LogP contribution is -2.53. The summed E-state index contributed by atoms with van der Waals surface area (Å²) in [7, 11) is 0. The molecule has 146 valence electrons. The average Bonchev–Trinajstić information content (AvgIpc) is 3.06. The Balaban J connectivity index is 1.30. The highest BCUT2D eigenvalue weighted by molar-refractivity contribution is 5.82. The number of carbonyl (C=O) groups is 1. The van der Waals surface area contributed by atoms with Gasteiger partial charge < -0.3 is 16.0 Å². The van der Waals surface area contributed by atoms with Crippen molar-refractivity contribution in [1.82, 2.24) is 20.2 Å². The number of amides is 1. The van der Waals surface area contributed by atoms with Gasteiger partial charge in [-0.1, -0.05) is 24.3 Å². The van der Waals surface area contributed by atoms with Crippen molar-refractivity contribution in [3.63, 3.8) is 0 Å². The Labute approximate surface area is 163 Å². The molecule has 0 bridgehead atoms. The van der Waals surface area contributed by atoms with E-state index in [1.807, 2.05) is 17.0 Å². The van der Waals surface area contributed by atoms with Crippen molar-refractivity contribution >= 4 is 11.9 Å². The molecule has 3 aliphatic rings. The summed E-state index contributed by atoms with van der Waals surface area (Å²) < 4.78 is 0. The second-order valence-electron chi connectivity index (χ2n) is 8.29. The maximum Gasteiger partial charge on any atom is 0.255 e. The van der Waals surface area contributed by atoms with Gasteiger partial charge in [-0.3, -0.25) is 14.6 Å². The van der Waals surface area contributed by atoms with Crippen LogP contribution < -0.4 is 16.6 Å². The second kappa shape index (κ2) is 6.44. The number of nitrogens with two attached hydrogens (primary N) is 1. The zero-order chi connectivity index (χ0) is 19.3. The summed E-state index contributed by atoms with van der Waals surface area (Å²) >= 11 is 0. The van der Waals surface area contributed by atoms with E-state index in [0.717, 1.165) is 49.9 Å². The molecule has 1 aliphatic carbocycles. The van der Waals surface area contributed by atoms with Crippen molar-refractivity contribution in [2.45, 2.75) is 50.1 Å². The minimum absolute atomic E-state index is 0.108. The fourth-order valence-electron chi connectivity index (χ4n) is 5.16. The summed E-state index contributed by atoms with van der Waals surface area (Å²) in [5, 5.41) is 3.40. The van der Waals surface area contributed by atoms with Crippen LogP contribution in [0.1, 0.15) is 41.6 Å². The van der Waals surface area contributed by atoms with Crippen LogP contribution in [0.5, 0.6) is 0 Å². The van der Waals surface area contributed by atoms with E-state index < -0.39 is 0 Å². The highest BCUT2D eigenvalue weighted by Gasteiger charge is 2.45. The van der Waals surface area contributed by atoms with Gasteiger partial charge in [-0.25, -0.2) is 4.98 Å². The van der Waals surface area contributed by atoms with Crippen LogP contribution in [-0.4, -0.2) is 39.9 Å². The summed E-state index contributed by atoms with van der Waals surface area (Å²) in [6, 6.07) is 8.15. The van der Waals surface area contributed by atoms with Crippen molar-refractivity contribution in [1.29, 1.82) is 0 Å². The van der Waals surface area contributed by atoms with Crippen LogP contribution >= 0.6 is 0 Å². The van der Waals surface area contributed by atoms with Gasteiger partial charge in [0, 0.05) is 30.6 Å². The van der Waals surface area contributed by atoms with Crippen molar-refractivity contribution in [3.8, 4) is 0 Å². The number of carbonyl (C=O) groups excluding carboxylic acids is 1. The van der Waals surface area contributed by atoms with Crippen LogP contribution in [0, 0.1) is 0 Å². The molecule has 1 amide bonds. The molecular weight excluding hydrogens is 354 g/mol. The van der Waals surface area contributed by atoms with Crippen LogP contribution in [0.25, 0.3) is 0 Å². The molecule has 1 spiro atoms. The van der Waals surface area contributed by atoms with Crippen molar-refractivity contribution in [2.24, 2.45) is 0 Å². The Morgan fingerprint density at radius 1 is 1.18 bits per heavy atom. The number of piperidine rings is 1. The standard InChI is InChI=1S/C21H25N5O2/c22-20-24-17-15(18(27)25-20)5-6-21(17)7-9-26(10-8-21)19(28)16-11-13-3-1-2-4-14(13)12-23-16/h1-4,16,23H,5-12H2,(H3,22,24,25,27)/t16-/m1/s1. The second-order valence-corrected chi connectivity index (χ2v) is 8.29. The van der Waals surface area contributed by atoms with Gasteiger partial charge in [-0.05, 0) is 43.2 Å². The lowest BCUT2D eigenvalue weighted by Gasteiger charge is -2.41. The Morgan fingerprint density at radius 3 is 2.71 bits per heavy atom. The maximum atomic E-state index is 13.1. The third kappa shape index (κ3) is 2.73. The van der Waals surface area contributed by atoms with Gasteiger partial charge in [0.05, 0.1) is 11.7 Å². The van der Waals surface area contributed by atoms with E-state index in [0.29, 0.717) is 13.1 Å². The molecule has 1 fully saturated rings. The molecule has 4 N–H and O–H groups in total. The monoisotopic (exact) mass is 379 g/mol. The van der Waals surface area contributed by atoms with Gasteiger partial charge in [0.25, 0.3) is 5.56 Å². The Bertz CT molecular complexity index is 991. The number of benzene rings is 1. The molecule has 28 heavy (non-hydrogen) atoms. The number of aromatic amines is 1. The number of likely N-dealkylation sites (tertiary alicyclic amines) is 1. The third-order valence-corrected chi connectivity index (χ3v) is 6.80. The number of hydrogen-bond acceptors (Lipinski definition) is 5. The molecular formula is C21H25N5O2. The van der Waals surface area contributed by atoms with Crippen LogP contribution in [-0.2, 0) is 29.6 Å². The Hall–Kier alpha value is -2.67. The number of nitrogen functional groups attached to an aromatic ring is 1. The van der Waals surface area contributed by atoms with Crippen LogP contribution in [0.2, 0.25) is 0 Å². The minimum Gasteiger partial charge on any atom is -0.369 e. The molecule has 7 heteroatoms. The van der Waals surface area contributed by atoms with Gasteiger partial charge in [0.15, 0.2) is 0 Å². The molecule has 5 rings (SSSR count). The first-order valence-electron chi connectivity index (χ1n) is 10.0. The fourth-order valence-corrected chi connectivity index (χ4v) is 5.16. The number of aromatic nitrogens is 2. The lowest BCUT2D eigenvalue weighted by atomic mass is 9.76. The number of nitrogens with one attached hydrogen (secondary N) is 2. The summed E-state index contributed by atoms with van der Waals surface area (Å²) in [5.74, 6) is 0.370. The summed E-state index contributed by atoms with van der Waals surface area (Å²) in [4.78, 5) is 34.4. The molecule has 0 saturated carbocycles. The van der Waals surface area contributed by atoms with Gasteiger partial charge in [0.2, 0.25) is 11.9 Å². The largest absolute Gasteiger partial charge is 0.369 e. The smallest absolute Gasteiger partial charge is 0.255 e. The van der Waals surface area contributed by atoms with Crippen molar-refractivity contribution in [2.75, 3.05) is 18.8 Å². The predicted octanol–water partition coefficient (Wildman–Crippen LogP) is 0.873. The van der Waals surface area contributed by atoms with Gasteiger partial charge in [-0.2, -0.15) is 0 Å². The SMILES string of the molecule is Nc1nc2c(c(=O)[nH]1)CCC21CCN(C(=O)[C@H]2Cc3ccccc3CN2)CC1. The van der Waals surface area contributed by atoms with E-state index in [1.165, 1.54) is 11.1 Å². The zero-order valence-electron chi connectivity index (χ0n) is 15.8. The first kappa shape index (κ1) is 17.4. The highest BCUT2D eigenvalue weighted by Crippen LogP contribution is 2.44. The van der Waals surface area contributed by atoms with Gasteiger partial charge in [-0.15, -0.1) is 0 Å². The van der Waals surface area contributed by atoms with Crippen molar-refractivity contribution < 1.29 is 4.79 Å². The molecule has 2 aromatic rings. The Kier molecular flexibility index (Phi) is 4.01. The molecule has 1 atom stereocenters. The normalized spacial score (nSPS) is 22.7. The molecule has 0 unspecified atom stereocenters. The van der Waals surface area contributed by atoms with Gasteiger partial charge >= 0.3 is 0 Å². The first-order chi connectivity index (χ1) is 13.6. The number of hydrogen-bond donors (Lipinski definition) is 3. The fraction of sp³-hybridized carbons (Fsp3) is 0.476. The zero-order valence-corrected chi connectivity index (χ0v) is 15.8. The van der Waals surface area contributed by atoms with E-state index in [-0.39, 0.29) is 28.9 Å². The van der Waals surface area contributed by atoms with Gasteiger partial charge in [0.1, 0.15) is 0 Å². The molecule has 2 aliphatic heterocycles. The summed E-state index contributed by atoms with van der Waals surface area (Å²) in [6.07, 6.45) is 4.08. The van der Waals surface area contributed by atoms with Crippen LogP contribution in [0.3, 0.4) is 0 Å². The number of rotatable bonds is 1. The molecule has 0 radical (unpaired) electrons. The Morgan fingerprint density at radius 2 is 1.93 bits per heavy atom. The molecule has 1 saturated heterocycles. The topological polar surface area (TPSA) is 104 Å². The maximum absolute atomic E-state index is 13.1. The first-order valence-corrected chi connectivity index (χ1v) is 10.0. The quantitative estimate of drug-likeness (QED) is 0.682.